The lowest BCUT2D eigenvalue weighted by Gasteiger charge is -2.22. The number of nitro benzene ring substituents is 1. The van der Waals surface area contributed by atoms with Gasteiger partial charge in [-0.3, -0.25) is 15.1 Å². The van der Waals surface area contributed by atoms with E-state index in [-0.39, 0.29) is 10.6 Å². The first kappa shape index (κ1) is 18.3. The van der Waals surface area contributed by atoms with Gasteiger partial charge < -0.3 is 0 Å². The summed E-state index contributed by atoms with van der Waals surface area (Å²) < 4.78 is 27.5. The Morgan fingerprint density at radius 2 is 1.89 bits per heavy atom. The van der Waals surface area contributed by atoms with Gasteiger partial charge in [0, 0.05) is 29.6 Å². The number of benzene rings is 1. The highest BCUT2D eigenvalue weighted by molar-refractivity contribution is 7.89. The van der Waals surface area contributed by atoms with Crippen molar-refractivity contribution in [1.82, 2.24) is 9.40 Å². The monoisotopic (exact) mass is 414 g/mol. The van der Waals surface area contributed by atoms with Crippen LogP contribution in [-0.2, 0) is 10.0 Å². The Balaban J connectivity index is 1.76. The van der Waals surface area contributed by atoms with Gasteiger partial charge in [0.15, 0.2) is 0 Å². The molecule has 1 unspecified atom stereocenters. The molecule has 0 N–H and O–H groups in total. The van der Waals surface area contributed by atoms with E-state index in [4.69, 9.17) is 0 Å². The number of nitro groups is 1. The summed E-state index contributed by atoms with van der Waals surface area (Å²) in [6.07, 6.45) is 2.02. The van der Waals surface area contributed by atoms with Crippen LogP contribution < -0.4 is 0 Å². The standard InChI is InChI=1S/C18H14N4O4S2/c23-22(24)13-6-8-14(9-7-13)28(25,26)21-17(18-5-3-11-27-18)12-16(20-21)15-4-1-2-10-19-15/h1-11,17H,12H2. The van der Waals surface area contributed by atoms with Gasteiger partial charge in [0.05, 0.1) is 21.2 Å². The SMILES string of the molecule is O=[N+]([O-])c1ccc(S(=O)(=O)N2N=C(c3ccccn3)CC2c2cccs2)cc1. The molecule has 0 saturated carbocycles. The largest absolute Gasteiger partial charge is 0.279 e. The quantitative estimate of drug-likeness (QED) is 0.468. The fourth-order valence-electron chi connectivity index (χ4n) is 2.94. The molecule has 3 aromatic rings. The maximum absolute atomic E-state index is 13.2. The normalized spacial score (nSPS) is 16.8. The minimum absolute atomic E-state index is 0.0503. The van der Waals surface area contributed by atoms with Crippen LogP contribution in [0.2, 0.25) is 0 Å². The molecule has 8 nitrogen and oxygen atoms in total. The fraction of sp³-hybridized carbons (Fsp3) is 0.111. The maximum Gasteiger partial charge on any atom is 0.279 e. The van der Waals surface area contributed by atoms with Crippen LogP contribution >= 0.6 is 11.3 Å². The van der Waals surface area contributed by atoms with Crippen molar-refractivity contribution in [2.45, 2.75) is 17.4 Å². The van der Waals surface area contributed by atoms with Gasteiger partial charge in [-0.15, -0.1) is 11.3 Å². The molecule has 1 atom stereocenters. The number of hydrogen-bond acceptors (Lipinski definition) is 7. The Kier molecular flexibility index (Phi) is 4.65. The van der Waals surface area contributed by atoms with Crippen molar-refractivity contribution in [3.05, 3.63) is 86.9 Å². The Morgan fingerprint density at radius 3 is 2.50 bits per heavy atom. The lowest BCUT2D eigenvalue weighted by Crippen LogP contribution is -2.26. The van der Waals surface area contributed by atoms with Crippen molar-refractivity contribution in [2.75, 3.05) is 0 Å². The molecule has 2 aromatic heterocycles. The van der Waals surface area contributed by atoms with Gasteiger partial charge in [-0.25, -0.2) is 0 Å². The molecule has 1 aliphatic heterocycles. The van der Waals surface area contributed by atoms with Crippen LogP contribution in [0.3, 0.4) is 0 Å². The lowest BCUT2D eigenvalue weighted by atomic mass is 10.1. The molecule has 1 aromatic carbocycles. The summed E-state index contributed by atoms with van der Waals surface area (Å²) in [4.78, 5) is 15.4. The number of sulfonamides is 1. The minimum atomic E-state index is -4.00. The van der Waals surface area contributed by atoms with E-state index in [9.17, 15) is 18.5 Å². The van der Waals surface area contributed by atoms with Crippen LogP contribution in [-0.4, -0.2) is 28.5 Å². The van der Waals surface area contributed by atoms with Gasteiger partial charge in [-0.05, 0) is 35.7 Å². The number of pyridine rings is 1. The van der Waals surface area contributed by atoms with Crippen molar-refractivity contribution < 1.29 is 13.3 Å². The molecule has 0 aliphatic carbocycles. The number of aromatic nitrogens is 1. The van der Waals surface area contributed by atoms with E-state index >= 15 is 0 Å². The van der Waals surface area contributed by atoms with Crippen LogP contribution in [0.25, 0.3) is 0 Å². The molecule has 0 spiro atoms. The molecule has 0 amide bonds. The third kappa shape index (κ3) is 3.27. The summed E-state index contributed by atoms with van der Waals surface area (Å²) in [6, 6.07) is 13.4. The van der Waals surface area contributed by atoms with Crippen molar-refractivity contribution in [1.29, 1.82) is 0 Å². The molecule has 0 fully saturated rings. The molecule has 4 rings (SSSR count). The summed E-state index contributed by atoms with van der Waals surface area (Å²) in [5.74, 6) is 0. The Labute approximate surface area is 165 Å². The van der Waals surface area contributed by atoms with E-state index in [1.54, 1.807) is 18.3 Å². The zero-order chi connectivity index (χ0) is 19.7. The molecule has 28 heavy (non-hydrogen) atoms. The molecule has 142 valence electrons. The van der Waals surface area contributed by atoms with Crippen molar-refractivity contribution >= 4 is 32.8 Å². The summed E-state index contributed by atoms with van der Waals surface area (Å²) in [6.45, 7) is 0. The highest BCUT2D eigenvalue weighted by Crippen LogP contribution is 2.38. The van der Waals surface area contributed by atoms with E-state index in [1.807, 2.05) is 23.6 Å². The average Bonchev–Trinajstić information content (AvgIpc) is 3.38. The zero-order valence-corrected chi connectivity index (χ0v) is 16.0. The highest BCUT2D eigenvalue weighted by Gasteiger charge is 2.38. The Bertz CT molecular complexity index is 1130. The minimum Gasteiger partial charge on any atom is -0.258 e. The van der Waals surface area contributed by atoms with Gasteiger partial charge in [-0.2, -0.15) is 17.9 Å². The van der Waals surface area contributed by atoms with Crippen molar-refractivity contribution in [3.8, 4) is 0 Å². The molecule has 3 heterocycles. The summed E-state index contributed by atoms with van der Waals surface area (Å²) in [5, 5.41) is 17.1. The summed E-state index contributed by atoms with van der Waals surface area (Å²) >= 11 is 1.45. The number of nitrogens with zero attached hydrogens (tertiary/aromatic N) is 4. The summed E-state index contributed by atoms with van der Waals surface area (Å²) in [7, 11) is -4.00. The molecule has 0 saturated heterocycles. The van der Waals surface area contributed by atoms with E-state index in [2.05, 4.69) is 10.1 Å². The molecule has 10 heteroatoms. The number of rotatable bonds is 5. The Hall–Kier alpha value is -3.11. The number of hydrazone groups is 1. The Morgan fingerprint density at radius 1 is 1.11 bits per heavy atom. The topological polar surface area (TPSA) is 106 Å². The second-order valence-electron chi connectivity index (χ2n) is 6.03. The first-order valence-electron chi connectivity index (χ1n) is 8.28. The van der Waals surface area contributed by atoms with Crippen LogP contribution in [0.5, 0.6) is 0 Å². The predicted octanol–water partition coefficient (Wildman–Crippen LogP) is 3.59. The van der Waals surface area contributed by atoms with Crippen LogP contribution in [0.15, 0.2) is 76.2 Å². The lowest BCUT2D eigenvalue weighted by molar-refractivity contribution is -0.384. The second kappa shape index (κ2) is 7.13. The first-order valence-corrected chi connectivity index (χ1v) is 10.6. The summed E-state index contributed by atoms with van der Waals surface area (Å²) in [5.41, 5.74) is 1.02. The van der Waals surface area contributed by atoms with E-state index in [0.29, 0.717) is 17.8 Å². The van der Waals surface area contributed by atoms with Crippen LogP contribution in [0, 0.1) is 10.1 Å². The second-order valence-corrected chi connectivity index (χ2v) is 8.80. The predicted molar refractivity (Wildman–Crippen MR) is 105 cm³/mol. The van der Waals surface area contributed by atoms with E-state index < -0.39 is 21.0 Å². The van der Waals surface area contributed by atoms with Gasteiger partial charge >= 0.3 is 0 Å². The number of thiophene rings is 1. The smallest absolute Gasteiger partial charge is 0.258 e. The number of hydrogen-bond donors (Lipinski definition) is 0. The van der Waals surface area contributed by atoms with Gasteiger partial charge in [-0.1, -0.05) is 12.1 Å². The van der Waals surface area contributed by atoms with Crippen molar-refractivity contribution in [2.24, 2.45) is 5.10 Å². The third-order valence-electron chi connectivity index (χ3n) is 4.30. The number of non-ortho nitro benzene ring substituents is 1. The van der Waals surface area contributed by atoms with E-state index in [0.717, 1.165) is 9.29 Å². The fourth-order valence-corrected chi connectivity index (χ4v) is 5.24. The van der Waals surface area contributed by atoms with Gasteiger partial charge in [0.2, 0.25) is 0 Å². The average molecular weight is 414 g/mol. The van der Waals surface area contributed by atoms with Gasteiger partial charge in [0.1, 0.15) is 6.04 Å². The third-order valence-corrected chi connectivity index (χ3v) is 6.97. The van der Waals surface area contributed by atoms with Gasteiger partial charge in [0.25, 0.3) is 15.7 Å². The maximum atomic E-state index is 13.2. The van der Waals surface area contributed by atoms with Crippen molar-refractivity contribution in [3.63, 3.8) is 0 Å². The zero-order valence-electron chi connectivity index (χ0n) is 14.4. The first-order chi connectivity index (χ1) is 13.5. The van der Waals surface area contributed by atoms with Crippen LogP contribution in [0.4, 0.5) is 5.69 Å². The molecular weight excluding hydrogens is 400 g/mol. The molecular formula is C18H14N4O4S2. The highest BCUT2D eigenvalue weighted by atomic mass is 32.2. The molecule has 0 radical (unpaired) electrons. The van der Waals surface area contributed by atoms with E-state index in [1.165, 1.54) is 35.6 Å². The molecule has 1 aliphatic rings. The molecule has 0 bridgehead atoms. The van der Waals surface area contributed by atoms with Crippen LogP contribution in [0.1, 0.15) is 23.0 Å².